The van der Waals surface area contributed by atoms with Crippen LogP contribution >= 0.6 is 12.2 Å². The Balaban J connectivity index is 3.25. The van der Waals surface area contributed by atoms with Crippen LogP contribution in [0.4, 0.5) is 19.0 Å². The smallest absolute Gasteiger partial charge is 0.389 e. The average molecular weight is 280 g/mol. The van der Waals surface area contributed by atoms with Gasteiger partial charge in [0.1, 0.15) is 17.4 Å². The van der Waals surface area contributed by atoms with Crippen molar-refractivity contribution in [3.8, 4) is 0 Å². The van der Waals surface area contributed by atoms with Gasteiger partial charge >= 0.3 is 6.18 Å². The van der Waals surface area contributed by atoms with E-state index in [4.69, 9.17) is 18.0 Å². The van der Waals surface area contributed by atoms with Crippen LogP contribution in [-0.2, 0) is 7.05 Å². The van der Waals surface area contributed by atoms with Crippen molar-refractivity contribution in [1.82, 2.24) is 9.78 Å². The van der Waals surface area contributed by atoms with Crippen LogP contribution in [0.15, 0.2) is 0 Å². The number of rotatable bonds is 4. The van der Waals surface area contributed by atoms with Gasteiger partial charge in [0.2, 0.25) is 0 Å². The van der Waals surface area contributed by atoms with E-state index in [-0.39, 0.29) is 11.5 Å². The number of alkyl halides is 3. The van der Waals surface area contributed by atoms with E-state index in [0.717, 1.165) is 4.90 Å². The summed E-state index contributed by atoms with van der Waals surface area (Å²) in [7, 11) is 1.57. The molecule has 102 valence electrons. The Labute approximate surface area is 109 Å². The molecule has 0 aromatic carbocycles. The van der Waals surface area contributed by atoms with Gasteiger partial charge in [-0.25, -0.2) is 0 Å². The van der Waals surface area contributed by atoms with Gasteiger partial charge in [-0.05, 0) is 13.8 Å². The lowest BCUT2D eigenvalue weighted by molar-refractivity contribution is -0.119. The van der Waals surface area contributed by atoms with Crippen LogP contribution in [0.2, 0.25) is 0 Å². The average Bonchev–Trinajstić information content (AvgIpc) is 2.48. The molecule has 0 spiro atoms. The number of nitrogens with zero attached hydrogens (tertiary/aromatic N) is 3. The van der Waals surface area contributed by atoms with E-state index in [2.05, 4.69) is 5.10 Å². The second kappa shape index (κ2) is 5.13. The number of anilines is 1. The van der Waals surface area contributed by atoms with E-state index in [9.17, 15) is 13.2 Å². The molecule has 2 N–H and O–H groups in total. The van der Waals surface area contributed by atoms with Crippen LogP contribution < -0.4 is 10.6 Å². The lowest BCUT2D eigenvalue weighted by Gasteiger charge is -2.25. The van der Waals surface area contributed by atoms with Gasteiger partial charge in [-0.15, -0.1) is 0 Å². The van der Waals surface area contributed by atoms with Crippen molar-refractivity contribution in [1.29, 1.82) is 0 Å². The van der Waals surface area contributed by atoms with E-state index in [1.807, 2.05) is 0 Å². The van der Waals surface area contributed by atoms with Crippen LogP contribution in [0.3, 0.4) is 0 Å². The molecular formula is C10H15F3N4S. The Morgan fingerprint density at radius 3 is 2.44 bits per heavy atom. The molecule has 1 rings (SSSR count). The van der Waals surface area contributed by atoms with Crippen LogP contribution in [0.25, 0.3) is 0 Å². The number of aromatic nitrogens is 2. The molecule has 18 heavy (non-hydrogen) atoms. The zero-order chi connectivity index (χ0) is 14.1. The summed E-state index contributed by atoms with van der Waals surface area (Å²) in [5.41, 5.74) is 6.49. The molecule has 0 unspecified atom stereocenters. The molecule has 0 aliphatic heterocycles. The summed E-state index contributed by atoms with van der Waals surface area (Å²) in [6.07, 6.45) is -4.29. The molecule has 0 aliphatic carbocycles. The maximum Gasteiger partial charge on any atom is 0.405 e. The van der Waals surface area contributed by atoms with Crippen LogP contribution in [0.5, 0.6) is 0 Å². The van der Waals surface area contributed by atoms with Crippen molar-refractivity contribution in [2.24, 2.45) is 12.8 Å². The highest BCUT2D eigenvalue weighted by Crippen LogP contribution is 2.26. The fourth-order valence-electron chi connectivity index (χ4n) is 1.85. The second-order valence-electron chi connectivity index (χ2n) is 3.90. The van der Waals surface area contributed by atoms with Gasteiger partial charge in [0.25, 0.3) is 0 Å². The Hall–Kier alpha value is -1.31. The molecule has 1 aromatic rings. The predicted octanol–water partition coefficient (Wildman–Crippen LogP) is 1.75. The largest absolute Gasteiger partial charge is 0.405 e. The summed E-state index contributed by atoms with van der Waals surface area (Å²) in [5, 5.41) is 4.07. The molecule has 1 heterocycles. The first-order valence-corrected chi connectivity index (χ1v) is 5.73. The molecule has 0 aliphatic rings. The molecule has 0 fully saturated rings. The standard InChI is InChI=1S/C10H15F3N4S/c1-4-17(5-10(11,12)13)9-7(8(14)18)6(2)15-16(9)3/h4-5H2,1-3H3,(H2,14,18). The van der Waals surface area contributed by atoms with Gasteiger partial charge in [-0.1, -0.05) is 12.2 Å². The Kier molecular flexibility index (Phi) is 4.20. The Morgan fingerprint density at radius 1 is 1.50 bits per heavy atom. The summed E-state index contributed by atoms with van der Waals surface area (Å²) in [4.78, 5) is 1.21. The third-order valence-corrected chi connectivity index (χ3v) is 2.69. The number of halogens is 3. The highest BCUT2D eigenvalue weighted by atomic mass is 32.1. The van der Waals surface area contributed by atoms with E-state index >= 15 is 0 Å². The van der Waals surface area contributed by atoms with E-state index < -0.39 is 12.7 Å². The van der Waals surface area contributed by atoms with Crippen molar-refractivity contribution in [2.75, 3.05) is 18.0 Å². The van der Waals surface area contributed by atoms with E-state index in [1.165, 1.54) is 4.68 Å². The lowest BCUT2D eigenvalue weighted by Crippen LogP contribution is -2.36. The first-order chi connectivity index (χ1) is 8.17. The minimum atomic E-state index is -4.29. The highest BCUT2D eigenvalue weighted by molar-refractivity contribution is 7.80. The molecular weight excluding hydrogens is 265 g/mol. The Morgan fingerprint density at radius 2 is 2.06 bits per heavy atom. The predicted molar refractivity (Wildman–Crippen MR) is 67.8 cm³/mol. The molecule has 0 bridgehead atoms. The third-order valence-electron chi connectivity index (χ3n) is 2.49. The Bertz CT molecular complexity index is 453. The zero-order valence-corrected chi connectivity index (χ0v) is 11.2. The lowest BCUT2D eigenvalue weighted by atomic mass is 10.2. The molecule has 1 aromatic heterocycles. The van der Waals surface area contributed by atoms with Gasteiger partial charge in [-0.2, -0.15) is 18.3 Å². The number of hydrogen-bond acceptors (Lipinski definition) is 3. The maximum absolute atomic E-state index is 12.5. The second-order valence-corrected chi connectivity index (χ2v) is 4.34. The minimum absolute atomic E-state index is 0.0521. The highest BCUT2D eigenvalue weighted by Gasteiger charge is 2.33. The fourth-order valence-corrected chi connectivity index (χ4v) is 2.09. The van der Waals surface area contributed by atoms with E-state index in [1.54, 1.807) is 20.9 Å². The van der Waals surface area contributed by atoms with Crippen molar-refractivity contribution in [3.05, 3.63) is 11.3 Å². The van der Waals surface area contributed by atoms with Crippen molar-refractivity contribution in [3.63, 3.8) is 0 Å². The molecule has 8 heteroatoms. The third kappa shape index (κ3) is 3.12. The van der Waals surface area contributed by atoms with Crippen molar-refractivity contribution < 1.29 is 13.2 Å². The summed E-state index contributed by atoms with van der Waals surface area (Å²) < 4.78 is 38.9. The topological polar surface area (TPSA) is 47.1 Å². The van der Waals surface area contributed by atoms with Gasteiger partial charge in [-0.3, -0.25) is 4.68 Å². The van der Waals surface area contributed by atoms with Crippen LogP contribution in [-0.4, -0.2) is 34.0 Å². The normalized spacial score (nSPS) is 11.7. The number of nitrogens with two attached hydrogens (primary N) is 1. The van der Waals surface area contributed by atoms with Crippen molar-refractivity contribution in [2.45, 2.75) is 20.0 Å². The van der Waals surface area contributed by atoms with Gasteiger partial charge in [0.15, 0.2) is 0 Å². The van der Waals surface area contributed by atoms with Gasteiger partial charge < -0.3 is 10.6 Å². The minimum Gasteiger partial charge on any atom is -0.389 e. The zero-order valence-electron chi connectivity index (χ0n) is 10.4. The number of hydrogen-bond donors (Lipinski definition) is 1. The summed E-state index contributed by atoms with van der Waals surface area (Å²) in [6.45, 7) is 2.43. The quantitative estimate of drug-likeness (QED) is 0.854. The monoisotopic (exact) mass is 280 g/mol. The SMILES string of the molecule is CCN(CC(F)(F)F)c1c(C(N)=S)c(C)nn1C. The summed E-state index contributed by atoms with van der Waals surface area (Å²) >= 11 is 4.88. The van der Waals surface area contributed by atoms with E-state index in [0.29, 0.717) is 17.1 Å². The molecule has 0 saturated heterocycles. The molecule has 4 nitrogen and oxygen atoms in total. The van der Waals surface area contributed by atoms with Crippen molar-refractivity contribution >= 4 is 23.0 Å². The molecule has 0 saturated carbocycles. The first kappa shape index (κ1) is 14.7. The maximum atomic E-state index is 12.5. The summed E-state index contributed by atoms with van der Waals surface area (Å²) in [6, 6.07) is 0. The molecule has 0 atom stereocenters. The summed E-state index contributed by atoms with van der Waals surface area (Å²) in [5.74, 6) is 0.305. The van der Waals surface area contributed by atoms with Crippen LogP contribution in [0.1, 0.15) is 18.2 Å². The van der Waals surface area contributed by atoms with Crippen LogP contribution in [0, 0.1) is 6.92 Å². The van der Waals surface area contributed by atoms with Gasteiger partial charge in [0, 0.05) is 13.6 Å². The molecule has 0 radical (unpaired) electrons. The number of aryl methyl sites for hydroxylation is 2. The number of thiocarbonyl (C=S) groups is 1. The first-order valence-electron chi connectivity index (χ1n) is 5.32. The fraction of sp³-hybridized carbons (Fsp3) is 0.600. The van der Waals surface area contributed by atoms with Gasteiger partial charge in [0.05, 0.1) is 11.3 Å². The molecule has 0 amide bonds.